The molecule has 5 nitrogen and oxygen atoms in total. The van der Waals surface area contributed by atoms with Gasteiger partial charge in [-0.3, -0.25) is 0 Å². The molecule has 0 aliphatic carbocycles. The monoisotopic (exact) mass is 405 g/mol. The molecule has 0 N–H and O–H groups in total. The number of ether oxygens (including phenoxy) is 1. The fourth-order valence-corrected chi connectivity index (χ4v) is 3.81. The van der Waals surface area contributed by atoms with Gasteiger partial charge in [-0.15, -0.1) is 11.3 Å². The number of esters is 1. The average molecular weight is 405 g/mol. The molecule has 2 aromatic heterocycles. The first-order valence-electron chi connectivity index (χ1n) is 9.14. The normalized spacial score (nSPS) is 11.0. The minimum atomic E-state index is -0.523. The van der Waals surface area contributed by atoms with Gasteiger partial charge in [0.15, 0.2) is 5.69 Å². The number of carbonyl (C=O) groups is 1. The second-order valence-electron chi connectivity index (χ2n) is 7.00. The van der Waals surface area contributed by atoms with Crippen LogP contribution in [0.5, 0.6) is 0 Å². The first-order chi connectivity index (χ1) is 13.9. The summed E-state index contributed by atoms with van der Waals surface area (Å²) in [5, 5.41) is 3.20. The molecule has 146 valence electrons. The van der Waals surface area contributed by atoms with Crippen molar-refractivity contribution in [3.05, 3.63) is 86.2 Å². The van der Waals surface area contributed by atoms with E-state index in [1.807, 2.05) is 57.2 Å². The molecule has 29 heavy (non-hydrogen) atoms. The maximum atomic E-state index is 12.5. The van der Waals surface area contributed by atoms with Gasteiger partial charge in [-0.05, 0) is 44.0 Å². The summed E-state index contributed by atoms with van der Waals surface area (Å²) in [5.41, 5.74) is 5.10. The van der Waals surface area contributed by atoms with E-state index in [1.54, 1.807) is 5.38 Å². The van der Waals surface area contributed by atoms with E-state index in [4.69, 9.17) is 9.15 Å². The SMILES string of the molecule is Cc1ccc(-c2nc(C(=O)OCc3cc(=O)oc4cc(C)c(C)cc34)cs2)cc1. The number of hydrogen-bond donors (Lipinski definition) is 0. The van der Waals surface area contributed by atoms with E-state index in [-0.39, 0.29) is 12.3 Å². The molecule has 2 heterocycles. The number of nitrogens with zero attached hydrogens (tertiary/aromatic N) is 1. The Morgan fingerprint density at radius 2 is 1.79 bits per heavy atom. The van der Waals surface area contributed by atoms with E-state index in [2.05, 4.69) is 4.98 Å². The lowest BCUT2D eigenvalue weighted by molar-refractivity contribution is 0.0468. The molecule has 0 saturated heterocycles. The van der Waals surface area contributed by atoms with Crippen LogP contribution in [0, 0.1) is 20.8 Å². The maximum Gasteiger partial charge on any atom is 0.358 e. The van der Waals surface area contributed by atoms with Crippen molar-refractivity contribution in [1.82, 2.24) is 4.98 Å². The number of hydrogen-bond acceptors (Lipinski definition) is 6. The van der Waals surface area contributed by atoms with Crippen molar-refractivity contribution in [3.8, 4) is 10.6 Å². The molecule has 4 aromatic rings. The summed E-state index contributed by atoms with van der Waals surface area (Å²) in [6.45, 7) is 5.93. The first kappa shape index (κ1) is 19.1. The number of carbonyl (C=O) groups excluding carboxylic acids is 1. The molecule has 0 spiro atoms. The molecule has 0 unspecified atom stereocenters. The summed E-state index contributed by atoms with van der Waals surface area (Å²) in [7, 11) is 0. The standard InChI is InChI=1S/C23H19NO4S/c1-13-4-6-16(7-5-13)22-24-19(12-29-22)23(26)27-11-17-10-21(25)28-20-9-15(3)14(2)8-18(17)20/h4-10,12H,11H2,1-3H3. The summed E-state index contributed by atoms with van der Waals surface area (Å²) < 4.78 is 10.7. The molecule has 0 aliphatic rings. The second kappa shape index (κ2) is 7.64. The lowest BCUT2D eigenvalue weighted by atomic mass is 10.0. The highest BCUT2D eigenvalue weighted by Gasteiger charge is 2.15. The van der Waals surface area contributed by atoms with Gasteiger partial charge in [-0.2, -0.15) is 0 Å². The van der Waals surface area contributed by atoms with Crippen LogP contribution < -0.4 is 5.63 Å². The summed E-state index contributed by atoms with van der Waals surface area (Å²) in [5.74, 6) is -0.523. The van der Waals surface area contributed by atoms with Crippen LogP contribution in [0.3, 0.4) is 0 Å². The predicted molar refractivity (Wildman–Crippen MR) is 113 cm³/mol. The van der Waals surface area contributed by atoms with Crippen LogP contribution in [0.2, 0.25) is 0 Å². The number of thiazole rings is 1. The van der Waals surface area contributed by atoms with Gasteiger partial charge < -0.3 is 9.15 Å². The van der Waals surface area contributed by atoms with Gasteiger partial charge in [0, 0.05) is 28.0 Å². The van der Waals surface area contributed by atoms with Crippen molar-refractivity contribution in [2.75, 3.05) is 0 Å². The van der Waals surface area contributed by atoms with Crippen molar-refractivity contribution >= 4 is 28.3 Å². The van der Waals surface area contributed by atoms with Gasteiger partial charge >= 0.3 is 11.6 Å². The molecule has 0 bridgehead atoms. The third-order valence-electron chi connectivity index (χ3n) is 4.82. The largest absolute Gasteiger partial charge is 0.456 e. The molecule has 4 rings (SSSR count). The Labute approximate surface area is 171 Å². The number of rotatable bonds is 4. The van der Waals surface area contributed by atoms with Crippen LogP contribution in [-0.2, 0) is 11.3 Å². The van der Waals surface area contributed by atoms with Crippen LogP contribution >= 0.6 is 11.3 Å². The quantitative estimate of drug-likeness (QED) is 0.345. The van der Waals surface area contributed by atoms with E-state index in [0.717, 1.165) is 32.6 Å². The minimum Gasteiger partial charge on any atom is -0.456 e. The Morgan fingerprint density at radius 1 is 1.07 bits per heavy atom. The van der Waals surface area contributed by atoms with Gasteiger partial charge in [0.2, 0.25) is 0 Å². The van der Waals surface area contributed by atoms with E-state index in [0.29, 0.717) is 11.1 Å². The molecular formula is C23H19NO4S. The Morgan fingerprint density at radius 3 is 2.55 bits per heavy atom. The summed E-state index contributed by atoms with van der Waals surface area (Å²) in [6.07, 6.45) is 0. The number of aryl methyl sites for hydroxylation is 3. The smallest absolute Gasteiger partial charge is 0.358 e. The lowest BCUT2D eigenvalue weighted by Crippen LogP contribution is -2.08. The molecule has 0 saturated carbocycles. The zero-order valence-electron chi connectivity index (χ0n) is 16.3. The second-order valence-corrected chi connectivity index (χ2v) is 7.86. The molecule has 6 heteroatoms. The fourth-order valence-electron chi connectivity index (χ4n) is 3.02. The van der Waals surface area contributed by atoms with Gasteiger partial charge in [-0.1, -0.05) is 29.8 Å². The van der Waals surface area contributed by atoms with Crippen molar-refractivity contribution in [2.45, 2.75) is 27.4 Å². The molecule has 0 amide bonds. The molecule has 0 atom stereocenters. The molecule has 2 aromatic carbocycles. The Balaban J connectivity index is 1.55. The molecule has 0 fully saturated rings. The van der Waals surface area contributed by atoms with Crippen molar-refractivity contribution in [2.24, 2.45) is 0 Å². The van der Waals surface area contributed by atoms with E-state index < -0.39 is 11.6 Å². The first-order valence-corrected chi connectivity index (χ1v) is 10.0. The van der Waals surface area contributed by atoms with Crippen LogP contribution in [-0.4, -0.2) is 11.0 Å². The molecule has 0 radical (unpaired) electrons. The summed E-state index contributed by atoms with van der Waals surface area (Å²) in [6, 6.07) is 13.1. The number of benzene rings is 2. The van der Waals surface area contributed by atoms with Gasteiger partial charge in [0.1, 0.15) is 17.2 Å². The highest BCUT2D eigenvalue weighted by Crippen LogP contribution is 2.25. The highest BCUT2D eigenvalue weighted by molar-refractivity contribution is 7.13. The zero-order valence-corrected chi connectivity index (χ0v) is 17.1. The Bertz CT molecular complexity index is 1270. The van der Waals surface area contributed by atoms with Crippen LogP contribution in [0.4, 0.5) is 0 Å². The topological polar surface area (TPSA) is 69.4 Å². The lowest BCUT2D eigenvalue weighted by Gasteiger charge is -2.08. The molecule has 0 aliphatic heterocycles. The number of aromatic nitrogens is 1. The maximum absolute atomic E-state index is 12.5. The van der Waals surface area contributed by atoms with E-state index in [9.17, 15) is 9.59 Å². The number of fused-ring (bicyclic) bond motifs is 1. The van der Waals surface area contributed by atoms with E-state index in [1.165, 1.54) is 17.4 Å². The zero-order chi connectivity index (χ0) is 20.5. The Kier molecular flexibility index (Phi) is 5.03. The van der Waals surface area contributed by atoms with Crippen molar-refractivity contribution in [1.29, 1.82) is 0 Å². The van der Waals surface area contributed by atoms with Crippen LogP contribution in [0.15, 0.2) is 57.1 Å². The Hall–Kier alpha value is -3.25. The summed E-state index contributed by atoms with van der Waals surface area (Å²) >= 11 is 1.39. The molecular weight excluding hydrogens is 386 g/mol. The third kappa shape index (κ3) is 3.98. The van der Waals surface area contributed by atoms with Crippen LogP contribution in [0.25, 0.3) is 21.5 Å². The summed E-state index contributed by atoms with van der Waals surface area (Å²) in [4.78, 5) is 28.8. The minimum absolute atomic E-state index is 0.0270. The van der Waals surface area contributed by atoms with Gasteiger partial charge in [0.05, 0.1) is 0 Å². The average Bonchev–Trinajstić information content (AvgIpc) is 3.18. The van der Waals surface area contributed by atoms with Crippen molar-refractivity contribution in [3.63, 3.8) is 0 Å². The van der Waals surface area contributed by atoms with E-state index >= 15 is 0 Å². The van der Waals surface area contributed by atoms with Gasteiger partial charge in [0.25, 0.3) is 0 Å². The third-order valence-corrected chi connectivity index (χ3v) is 5.71. The van der Waals surface area contributed by atoms with Crippen LogP contribution in [0.1, 0.15) is 32.7 Å². The predicted octanol–water partition coefficient (Wildman–Crippen LogP) is 5.20. The van der Waals surface area contributed by atoms with Gasteiger partial charge in [-0.25, -0.2) is 14.6 Å². The van der Waals surface area contributed by atoms with Crippen molar-refractivity contribution < 1.29 is 13.9 Å². The highest BCUT2D eigenvalue weighted by atomic mass is 32.1. The fraction of sp³-hybridized carbons (Fsp3) is 0.174.